The molecule has 0 spiro atoms. The van der Waals surface area contributed by atoms with E-state index in [1.165, 1.54) is 19.4 Å². The normalized spacial score (nSPS) is 17.6. The Labute approximate surface area is 96.8 Å². The molecule has 1 atom stereocenters. The molecule has 0 radical (unpaired) electrons. The minimum Gasteiger partial charge on any atom is -0.504 e. The van der Waals surface area contributed by atoms with E-state index in [0.717, 1.165) is 0 Å². The number of rotatable bonds is 2. The third-order valence-electron chi connectivity index (χ3n) is 2.65. The largest absolute Gasteiger partial charge is 0.504 e. The minimum atomic E-state index is -1.04. The van der Waals surface area contributed by atoms with E-state index < -0.39 is 12.0 Å². The first-order valence-corrected chi connectivity index (χ1v) is 4.92. The summed E-state index contributed by atoms with van der Waals surface area (Å²) in [5.41, 5.74) is 0.917. The number of phenols is 2. The van der Waals surface area contributed by atoms with E-state index in [2.05, 4.69) is 4.99 Å². The third kappa shape index (κ3) is 1.77. The van der Waals surface area contributed by atoms with Gasteiger partial charge in [-0.3, -0.25) is 4.99 Å². The highest BCUT2D eigenvalue weighted by atomic mass is 16.5. The van der Waals surface area contributed by atoms with Gasteiger partial charge < -0.3 is 20.1 Å². The van der Waals surface area contributed by atoms with Crippen LogP contribution in [-0.4, -0.2) is 40.7 Å². The monoisotopic (exact) mass is 237 g/mol. The first-order valence-electron chi connectivity index (χ1n) is 4.92. The van der Waals surface area contributed by atoms with Crippen LogP contribution >= 0.6 is 0 Å². The van der Waals surface area contributed by atoms with E-state index >= 15 is 0 Å². The Hall–Kier alpha value is -2.24. The summed E-state index contributed by atoms with van der Waals surface area (Å²) in [4.78, 5) is 14.6. The second kappa shape index (κ2) is 3.97. The molecule has 0 fully saturated rings. The van der Waals surface area contributed by atoms with Crippen molar-refractivity contribution in [1.82, 2.24) is 0 Å². The summed E-state index contributed by atoms with van der Waals surface area (Å²) in [6.07, 6.45) is 1.42. The zero-order chi connectivity index (χ0) is 12.6. The van der Waals surface area contributed by atoms with Crippen LogP contribution < -0.4 is 4.74 Å². The molecule has 0 aliphatic carbocycles. The highest BCUT2D eigenvalue weighted by Gasteiger charge is 2.25. The zero-order valence-electron chi connectivity index (χ0n) is 9.04. The molecule has 2 rings (SSSR count). The van der Waals surface area contributed by atoms with Gasteiger partial charge >= 0.3 is 5.97 Å². The quantitative estimate of drug-likeness (QED) is 0.697. The molecule has 1 aromatic rings. The number of aromatic hydroxyl groups is 2. The van der Waals surface area contributed by atoms with Gasteiger partial charge in [-0.1, -0.05) is 0 Å². The van der Waals surface area contributed by atoms with Crippen molar-refractivity contribution < 1.29 is 24.9 Å². The number of hydrogen-bond acceptors (Lipinski definition) is 5. The summed E-state index contributed by atoms with van der Waals surface area (Å²) >= 11 is 0. The number of ether oxygens (including phenoxy) is 1. The van der Waals surface area contributed by atoms with Crippen molar-refractivity contribution >= 4 is 12.2 Å². The van der Waals surface area contributed by atoms with Crippen LogP contribution in [0, 0.1) is 0 Å². The Balaban J connectivity index is 2.51. The average molecular weight is 237 g/mol. The number of aliphatic imine (C=N–C) groups is 1. The summed E-state index contributed by atoms with van der Waals surface area (Å²) in [6.45, 7) is 0. The van der Waals surface area contributed by atoms with Crippen molar-refractivity contribution in [1.29, 1.82) is 0 Å². The maximum Gasteiger partial charge on any atom is 0.328 e. The lowest BCUT2D eigenvalue weighted by Crippen LogP contribution is -2.24. The smallest absolute Gasteiger partial charge is 0.328 e. The number of benzene rings is 1. The van der Waals surface area contributed by atoms with E-state index in [0.29, 0.717) is 11.1 Å². The van der Waals surface area contributed by atoms with Gasteiger partial charge in [0.05, 0.1) is 7.11 Å². The SMILES string of the molecule is COc1c(O)cc2c(c1O)C=NC(C(=O)O)C2. The van der Waals surface area contributed by atoms with E-state index in [1.807, 2.05) is 0 Å². The van der Waals surface area contributed by atoms with Crippen LogP contribution in [0.2, 0.25) is 0 Å². The molecular weight excluding hydrogens is 226 g/mol. The van der Waals surface area contributed by atoms with E-state index in [1.54, 1.807) is 0 Å². The van der Waals surface area contributed by atoms with Gasteiger partial charge in [-0.15, -0.1) is 0 Å². The first-order chi connectivity index (χ1) is 8.04. The highest BCUT2D eigenvalue weighted by molar-refractivity contribution is 5.92. The molecule has 0 saturated carbocycles. The maximum absolute atomic E-state index is 10.8. The third-order valence-corrected chi connectivity index (χ3v) is 2.65. The topological polar surface area (TPSA) is 99.4 Å². The summed E-state index contributed by atoms with van der Waals surface area (Å²) in [7, 11) is 1.32. The number of aliphatic carboxylic acids is 1. The number of phenolic OH excluding ortho intramolecular Hbond substituents is 2. The van der Waals surface area contributed by atoms with Gasteiger partial charge in [-0.05, 0) is 11.6 Å². The van der Waals surface area contributed by atoms with Crippen LogP contribution in [0.15, 0.2) is 11.1 Å². The molecule has 6 heteroatoms. The fraction of sp³-hybridized carbons (Fsp3) is 0.273. The molecule has 3 N–H and O–H groups in total. The van der Waals surface area contributed by atoms with Gasteiger partial charge in [-0.25, -0.2) is 4.79 Å². The number of fused-ring (bicyclic) bond motifs is 1. The molecule has 90 valence electrons. The van der Waals surface area contributed by atoms with Crippen LogP contribution in [0.25, 0.3) is 0 Å². The van der Waals surface area contributed by atoms with Crippen molar-refractivity contribution in [2.75, 3.05) is 7.11 Å². The maximum atomic E-state index is 10.8. The first kappa shape index (κ1) is 11.3. The Morgan fingerprint density at radius 2 is 2.24 bits per heavy atom. The number of hydrogen-bond donors (Lipinski definition) is 3. The molecule has 1 aliphatic rings. The lowest BCUT2D eigenvalue weighted by atomic mass is 9.96. The fourth-order valence-corrected chi connectivity index (χ4v) is 1.79. The van der Waals surface area contributed by atoms with Crippen LogP contribution in [0.1, 0.15) is 11.1 Å². The van der Waals surface area contributed by atoms with Crippen molar-refractivity contribution in [2.24, 2.45) is 4.99 Å². The molecule has 0 amide bonds. The Bertz CT molecular complexity index is 509. The van der Waals surface area contributed by atoms with Gasteiger partial charge in [0, 0.05) is 18.2 Å². The molecule has 0 aromatic heterocycles. The van der Waals surface area contributed by atoms with Crippen LogP contribution in [-0.2, 0) is 11.2 Å². The van der Waals surface area contributed by atoms with Gasteiger partial charge in [0.1, 0.15) is 0 Å². The van der Waals surface area contributed by atoms with Crippen LogP contribution in [0.5, 0.6) is 17.2 Å². The lowest BCUT2D eigenvalue weighted by molar-refractivity contribution is -0.138. The summed E-state index contributed by atoms with van der Waals surface area (Å²) in [5.74, 6) is -1.52. The van der Waals surface area contributed by atoms with Gasteiger partial charge in [-0.2, -0.15) is 0 Å². The molecule has 1 aliphatic heterocycles. The number of carboxylic acids is 1. The molecule has 1 unspecified atom stereocenters. The second-order valence-electron chi connectivity index (χ2n) is 3.69. The predicted molar refractivity (Wildman–Crippen MR) is 59.0 cm³/mol. The zero-order valence-corrected chi connectivity index (χ0v) is 9.04. The van der Waals surface area contributed by atoms with E-state index in [9.17, 15) is 15.0 Å². The highest BCUT2D eigenvalue weighted by Crippen LogP contribution is 2.41. The number of nitrogens with zero attached hydrogens (tertiary/aromatic N) is 1. The number of methoxy groups -OCH3 is 1. The molecule has 1 heterocycles. The lowest BCUT2D eigenvalue weighted by Gasteiger charge is -2.18. The Morgan fingerprint density at radius 3 is 2.82 bits per heavy atom. The predicted octanol–water partition coefficient (Wildman–Crippen LogP) is 0.535. The van der Waals surface area contributed by atoms with Crippen molar-refractivity contribution in [2.45, 2.75) is 12.5 Å². The summed E-state index contributed by atoms with van der Waals surface area (Å²) < 4.78 is 4.84. The summed E-state index contributed by atoms with van der Waals surface area (Å²) in [6, 6.07) is 0.504. The average Bonchev–Trinajstić information content (AvgIpc) is 2.28. The van der Waals surface area contributed by atoms with Crippen molar-refractivity contribution in [3.8, 4) is 17.2 Å². The van der Waals surface area contributed by atoms with Gasteiger partial charge in [0.15, 0.2) is 17.5 Å². The minimum absolute atomic E-state index is 0.0380. The molecule has 6 nitrogen and oxygen atoms in total. The number of carbonyl (C=O) groups is 1. The van der Waals surface area contributed by atoms with Crippen molar-refractivity contribution in [3.63, 3.8) is 0 Å². The fourth-order valence-electron chi connectivity index (χ4n) is 1.79. The second-order valence-corrected chi connectivity index (χ2v) is 3.69. The molecule has 0 bridgehead atoms. The van der Waals surface area contributed by atoms with Gasteiger partial charge in [0.2, 0.25) is 5.75 Å². The Morgan fingerprint density at radius 1 is 1.53 bits per heavy atom. The standard InChI is InChI=1S/C11H11NO5/c1-17-10-8(13)3-5-2-7(11(15)16)12-4-6(5)9(10)14/h3-4,7,13-14H,2H2,1H3,(H,15,16). The molecular formula is C11H11NO5. The van der Waals surface area contributed by atoms with Crippen LogP contribution in [0.3, 0.4) is 0 Å². The van der Waals surface area contributed by atoms with Gasteiger partial charge in [0.25, 0.3) is 0 Å². The van der Waals surface area contributed by atoms with Crippen LogP contribution in [0.4, 0.5) is 0 Å². The van der Waals surface area contributed by atoms with E-state index in [-0.39, 0.29) is 23.7 Å². The Kier molecular flexibility index (Phi) is 2.63. The summed E-state index contributed by atoms with van der Waals surface area (Å²) in [5, 5.41) is 28.3. The van der Waals surface area contributed by atoms with E-state index in [4.69, 9.17) is 9.84 Å². The number of carboxylic acid groups (broad SMARTS) is 1. The van der Waals surface area contributed by atoms with Crippen molar-refractivity contribution in [3.05, 3.63) is 17.2 Å². The molecule has 1 aromatic carbocycles. The molecule has 17 heavy (non-hydrogen) atoms. The molecule has 0 saturated heterocycles.